The lowest BCUT2D eigenvalue weighted by Crippen LogP contribution is -2.41. The highest BCUT2D eigenvalue weighted by Crippen LogP contribution is 2.18. The number of hydrogen-bond donors (Lipinski definition) is 2. The van der Waals surface area contributed by atoms with Gasteiger partial charge in [0.05, 0.1) is 20.2 Å². The molecule has 1 atom stereocenters. The van der Waals surface area contributed by atoms with E-state index in [1.165, 1.54) is 6.07 Å². The molecule has 0 aliphatic heterocycles. The number of rotatable bonds is 9. The molecule has 1 unspecified atom stereocenters. The number of aliphatic imine (C=N–C) groups is 1. The van der Waals surface area contributed by atoms with Crippen LogP contribution in [0.25, 0.3) is 0 Å². The third kappa shape index (κ3) is 8.06. The van der Waals surface area contributed by atoms with Crippen LogP contribution >= 0.6 is 24.0 Å². The first kappa shape index (κ1) is 25.0. The van der Waals surface area contributed by atoms with Gasteiger partial charge in [0.25, 0.3) is 0 Å². The summed E-state index contributed by atoms with van der Waals surface area (Å²) in [5.74, 6) is 1.72. The predicted molar refractivity (Wildman–Crippen MR) is 124 cm³/mol. The Bertz CT molecular complexity index is 759. The maximum atomic E-state index is 13.8. The molecule has 0 fully saturated rings. The molecule has 0 aromatic heterocycles. The smallest absolute Gasteiger partial charge is 0.193 e. The van der Waals surface area contributed by atoms with E-state index in [0.717, 1.165) is 11.5 Å². The standard InChI is InChI=1S/C21H28FN3O3.HI/c1-4-23-21(24-15-20(26)18-7-5-6-8-19(18)22)25(2)13-14-28-17-11-9-16(27-3)10-12-17;/h5-12,20,26H,4,13-15H2,1-3H3,(H,23,24);1H. The van der Waals surface area contributed by atoms with E-state index in [4.69, 9.17) is 9.47 Å². The zero-order valence-electron chi connectivity index (χ0n) is 17.0. The number of hydrogen-bond acceptors (Lipinski definition) is 4. The van der Waals surface area contributed by atoms with Gasteiger partial charge < -0.3 is 24.8 Å². The molecule has 2 rings (SSSR count). The lowest BCUT2D eigenvalue weighted by atomic mass is 10.1. The second-order valence-corrected chi connectivity index (χ2v) is 6.18. The Hall–Kier alpha value is -2.07. The second-order valence-electron chi connectivity index (χ2n) is 6.18. The van der Waals surface area contributed by atoms with Crippen molar-refractivity contribution in [2.75, 3.05) is 40.4 Å². The molecule has 160 valence electrons. The predicted octanol–water partition coefficient (Wildman–Crippen LogP) is 3.46. The van der Waals surface area contributed by atoms with Crippen LogP contribution in [0.15, 0.2) is 53.5 Å². The maximum absolute atomic E-state index is 13.8. The van der Waals surface area contributed by atoms with E-state index in [-0.39, 0.29) is 36.1 Å². The van der Waals surface area contributed by atoms with Crippen LogP contribution in [-0.4, -0.2) is 56.4 Å². The molecule has 0 radical (unpaired) electrons. The SMILES string of the molecule is CCNC(=NCC(O)c1ccccc1F)N(C)CCOc1ccc(OC)cc1.I. The van der Waals surface area contributed by atoms with Crippen molar-refractivity contribution in [1.29, 1.82) is 0 Å². The van der Waals surface area contributed by atoms with E-state index >= 15 is 0 Å². The summed E-state index contributed by atoms with van der Waals surface area (Å²) in [4.78, 5) is 6.33. The minimum Gasteiger partial charge on any atom is -0.497 e. The highest BCUT2D eigenvalue weighted by atomic mass is 127. The van der Waals surface area contributed by atoms with E-state index in [2.05, 4.69) is 10.3 Å². The van der Waals surface area contributed by atoms with E-state index in [9.17, 15) is 9.50 Å². The van der Waals surface area contributed by atoms with Crippen molar-refractivity contribution in [3.05, 3.63) is 59.9 Å². The number of guanidine groups is 1. The summed E-state index contributed by atoms with van der Waals surface area (Å²) in [5, 5.41) is 13.4. The van der Waals surface area contributed by atoms with Crippen molar-refractivity contribution < 1.29 is 19.0 Å². The first-order valence-electron chi connectivity index (χ1n) is 9.24. The van der Waals surface area contributed by atoms with E-state index in [0.29, 0.717) is 25.7 Å². The monoisotopic (exact) mass is 517 g/mol. The highest BCUT2D eigenvalue weighted by Gasteiger charge is 2.13. The van der Waals surface area contributed by atoms with Crippen LogP contribution in [0.3, 0.4) is 0 Å². The van der Waals surface area contributed by atoms with Crippen LogP contribution in [-0.2, 0) is 0 Å². The molecule has 0 heterocycles. The van der Waals surface area contributed by atoms with Crippen LogP contribution in [0.4, 0.5) is 4.39 Å². The van der Waals surface area contributed by atoms with Gasteiger partial charge in [0, 0.05) is 19.2 Å². The zero-order valence-corrected chi connectivity index (χ0v) is 19.3. The van der Waals surface area contributed by atoms with Crippen molar-refractivity contribution in [3.8, 4) is 11.5 Å². The summed E-state index contributed by atoms with van der Waals surface area (Å²) in [7, 11) is 3.50. The molecule has 0 saturated heterocycles. The summed E-state index contributed by atoms with van der Waals surface area (Å²) in [5.41, 5.74) is 0.243. The van der Waals surface area contributed by atoms with Gasteiger partial charge in [-0.15, -0.1) is 24.0 Å². The van der Waals surface area contributed by atoms with Crippen LogP contribution < -0.4 is 14.8 Å². The maximum Gasteiger partial charge on any atom is 0.193 e. The van der Waals surface area contributed by atoms with Crippen molar-refractivity contribution in [3.63, 3.8) is 0 Å². The number of likely N-dealkylation sites (N-methyl/N-ethyl adjacent to an activating group) is 1. The van der Waals surface area contributed by atoms with Gasteiger partial charge in [-0.25, -0.2) is 4.39 Å². The topological polar surface area (TPSA) is 66.3 Å². The van der Waals surface area contributed by atoms with E-state index in [1.807, 2.05) is 43.1 Å². The normalized spacial score (nSPS) is 12.0. The summed E-state index contributed by atoms with van der Waals surface area (Å²) in [6.45, 7) is 3.76. The third-order valence-corrected chi connectivity index (χ3v) is 4.13. The first-order valence-corrected chi connectivity index (χ1v) is 9.24. The number of nitrogens with zero attached hydrogens (tertiary/aromatic N) is 2. The molecule has 0 amide bonds. The van der Waals surface area contributed by atoms with Gasteiger partial charge >= 0.3 is 0 Å². The molecule has 2 aromatic rings. The number of aliphatic hydroxyl groups excluding tert-OH is 1. The van der Waals surface area contributed by atoms with Crippen molar-refractivity contribution >= 4 is 29.9 Å². The lowest BCUT2D eigenvalue weighted by molar-refractivity contribution is 0.181. The first-order chi connectivity index (χ1) is 13.5. The largest absolute Gasteiger partial charge is 0.497 e. The molecule has 2 aromatic carbocycles. The summed E-state index contributed by atoms with van der Waals surface area (Å²) >= 11 is 0. The quantitative estimate of drug-likeness (QED) is 0.303. The van der Waals surface area contributed by atoms with Gasteiger partial charge in [-0.05, 0) is 37.3 Å². The number of methoxy groups -OCH3 is 1. The molecule has 2 N–H and O–H groups in total. The Kier molecular flexibility index (Phi) is 11.4. The minimum atomic E-state index is -1.00. The van der Waals surface area contributed by atoms with Crippen molar-refractivity contribution in [2.45, 2.75) is 13.0 Å². The number of ether oxygens (including phenoxy) is 2. The molecular formula is C21H29FIN3O3. The van der Waals surface area contributed by atoms with E-state index in [1.54, 1.807) is 25.3 Å². The Morgan fingerprint density at radius 1 is 1.17 bits per heavy atom. The molecule has 0 spiro atoms. The van der Waals surface area contributed by atoms with Crippen molar-refractivity contribution in [1.82, 2.24) is 10.2 Å². The average molecular weight is 517 g/mol. The van der Waals surface area contributed by atoms with Crippen LogP contribution in [0.2, 0.25) is 0 Å². The fraction of sp³-hybridized carbons (Fsp3) is 0.381. The van der Waals surface area contributed by atoms with Crippen LogP contribution in [0.5, 0.6) is 11.5 Å². The second kappa shape index (κ2) is 13.2. The van der Waals surface area contributed by atoms with Crippen LogP contribution in [0.1, 0.15) is 18.6 Å². The Morgan fingerprint density at radius 3 is 2.45 bits per heavy atom. The Balaban J connectivity index is 0.00000420. The van der Waals surface area contributed by atoms with Gasteiger partial charge in [0.1, 0.15) is 30.0 Å². The molecule has 0 aliphatic rings. The van der Waals surface area contributed by atoms with Gasteiger partial charge in [-0.1, -0.05) is 18.2 Å². The van der Waals surface area contributed by atoms with Gasteiger partial charge in [0.2, 0.25) is 0 Å². The molecule has 0 bridgehead atoms. The molecule has 0 aliphatic carbocycles. The molecule has 6 nitrogen and oxygen atoms in total. The average Bonchev–Trinajstić information content (AvgIpc) is 2.71. The lowest BCUT2D eigenvalue weighted by Gasteiger charge is -2.22. The van der Waals surface area contributed by atoms with Gasteiger partial charge in [-0.2, -0.15) is 0 Å². The molecule has 29 heavy (non-hydrogen) atoms. The number of aliphatic hydroxyl groups is 1. The summed E-state index contributed by atoms with van der Waals surface area (Å²) in [6, 6.07) is 13.6. The van der Waals surface area contributed by atoms with Crippen molar-refractivity contribution in [2.24, 2.45) is 4.99 Å². The van der Waals surface area contributed by atoms with Gasteiger partial charge in [-0.3, -0.25) is 4.99 Å². The minimum absolute atomic E-state index is 0. The van der Waals surface area contributed by atoms with Gasteiger partial charge in [0.15, 0.2) is 5.96 Å². The van der Waals surface area contributed by atoms with E-state index < -0.39 is 11.9 Å². The number of benzene rings is 2. The van der Waals surface area contributed by atoms with Crippen LogP contribution in [0, 0.1) is 5.82 Å². The Labute approximate surface area is 188 Å². The fourth-order valence-corrected chi connectivity index (χ4v) is 2.56. The zero-order chi connectivity index (χ0) is 20.4. The molecular weight excluding hydrogens is 488 g/mol. The summed E-state index contributed by atoms with van der Waals surface area (Å²) < 4.78 is 24.6. The third-order valence-electron chi connectivity index (χ3n) is 4.13. The fourth-order valence-electron chi connectivity index (χ4n) is 2.56. The number of halogens is 2. The molecule has 8 heteroatoms. The summed E-state index contributed by atoms with van der Waals surface area (Å²) in [6.07, 6.45) is -1.00. The Morgan fingerprint density at radius 2 is 1.83 bits per heavy atom. The highest BCUT2D eigenvalue weighted by molar-refractivity contribution is 14.0. The molecule has 0 saturated carbocycles. The number of nitrogens with one attached hydrogen (secondary N) is 1.